The summed E-state index contributed by atoms with van der Waals surface area (Å²) in [6, 6.07) is 4.21. The Labute approximate surface area is 162 Å². The van der Waals surface area contributed by atoms with Crippen molar-refractivity contribution in [1.82, 2.24) is 10.2 Å². The largest absolute Gasteiger partial charge is 0.342 e. The molecule has 0 saturated carbocycles. The maximum absolute atomic E-state index is 12.9. The maximum Gasteiger partial charge on any atom is 0.228 e. The summed E-state index contributed by atoms with van der Waals surface area (Å²) < 4.78 is 0. The van der Waals surface area contributed by atoms with Crippen LogP contribution < -0.4 is 10.2 Å². The van der Waals surface area contributed by atoms with Crippen LogP contribution in [0.5, 0.6) is 0 Å². The van der Waals surface area contributed by atoms with Crippen molar-refractivity contribution in [1.29, 1.82) is 0 Å². The Morgan fingerprint density at radius 3 is 2.46 bits per heavy atom. The van der Waals surface area contributed by atoms with Crippen molar-refractivity contribution >= 4 is 29.9 Å². The van der Waals surface area contributed by atoms with Gasteiger partial charge in [-0.15, -0.1) is 12.4 Å². The Balaban J connectivity index is 0.00000243. The Bertz CT molecular complexity index is 669. The molecule has 2 atom stereocenters. The van der Waals surface area contributed by atoms with Crippen LogP contribution in [0.1, 0.15) is 29.5 Å². The number of halogens is 1. The zero-order valence-corrected chi connectivity index (χ0v) is 17.0. The van der Waals surface area contributed by atoms with Crippen molar-refractivity contribution in [3.8, 4) is 0 Å². The zero-order chi connectivity index (χ0) is 18.1. The zero-order valence-electron chi connectivity index (χ0n) is 16.2. The summed E-state index contributed by atoms with van der Waals surface area (Å²) in [4.78, 5) is 29.3. The number of amides is 2. The molecule has 1 aromatic carbocycles. The van der Waals surface area contributed by atoms with Crippen LogP contribution in [0.4, 0.5) is 5.69 Å². The summed E-state index contributed by atoms with van der Waals surface area (Å²) in [5.41, 5.74) is 4.40. The van der Waals surface area contributed by atoms with Crippen LogP contribution in [0, 0.1) is 32.6 Å². The molecule has 2 aliphatic rings. The Morgan fingerprint density at radius 1 is 1.19 bits per heavy atom. The van der Waals surface area contributed by atoms with Gasteiger partial charge in [0.1, 0.15) is 0 Å². The number of nitrogens with zero attached hydrogens (tertiary/aromatic N) is 2. The molecule has 2 amide bonds. The number of rotatable bonds is 4. The quantitative estimate of drug-likeness (QED) is 0.874. The molecule has 0 radical (unpaired) electrons. The van der Waals surface area contributed by atoms with E-state index in [0.717, 1.165) is 42.9 Å². The molecule has 2 saturated heterocycles. The Morgan fingerprint density at radius 2 is 1.85 bits per heavy atom. The molecule has 2 heterocycles. The molecule has 144 valence electrons. The number of carbonyl (C=O) groups excluding carboxylic acids is 2. The standard InChI is InChI=1S/C20H29N3O2.ClH/c1-13-7-14(2)19(15(3)8-13)23-12-17(9-18(23)24)20(25)22-6-5-16(11-22)10-21-4;/h7-8,16-17,21H,5-6,9-12H2,1-4H3;1H. The first-order valence-corrected chi connectivity index (χ1v) is 9.22. The maximum atomic E-state index is 12.9. The molecule has 5 nitrogen and oxygen atoms in total. The van der Waals surface area contributed by atoms with Gasteiger partial charge in [0.25, 0.3) is 0 Å². The third-order valence-electron chi connectivity index (χ3n) is 5.47. The number of hydrogen-bond donors (Lipinski definition) is 1. The van der Waals surface area contributed by atoms with Crippen molar-refractivity contribution in [2.45, 2.75) is 33.6 Å². The van der Waals surface area contributed by atoms with Crippen molar-refractivity contribution in [3.63, 3.8) is 0 Å². The molecule has 26 heavy (non-hydrogen) atoms. The van der Waals surface area contributed by atoms with Crippen LogP contribution in [0.3, 0.4) is 0 Å². The predicted molar refractivity (Wildman–Crippen MR) is 107 cm³/mol. The van der Waals surface area contributed by atoms with Crippen LogP contribution in [-0.2, 0) is 9.59 Å². The molecule has 2 unspecified atom stereocenters. The average Bonchev–Trinajstić information content (AvgIpc) is 3.14. The van der Waals surface area contributed by atoms with Gasteiger partial charge in [-0.25, -0.2) is 0 Å². The van der Waals surface area contributed by atoms with Crippen LogP contribution >= 0.6 is 12.4 Å². The summed E-state index contributed by atoms with van der Waals surface area (Å²) in [5, 5.41) is 3.19. The molecule has 6 heteroatoms. The van der Waals surface area contributed by atoms with E-state index in [1.807, 2.05) is 30.7 Å². The molecule has 0 spiro atoms. The van der Waals surface area contributed by atoms with Gasteiger partial charge in [-0.1, -0.05) is 17.7 Å². The van der Waals surface area contributed by atoms with Gasteiger partial charge in [-0.2, -0.15) is 0 Å². The van der Waals surface area contributed by atoms with Crippen LogP contribution in [0.2, 0.25) is 0 Å². The minimum absolute atomic E-state index is 0. The van der Waals surface area contributed by atoms with E-state index in [9.17, 15) is 9.59 Å². The second-order valence-corrected chi connectivity index (χ2v) is 7.65. The molecule has 2 aliphatic heterocycles. The highest BCUT2D eigenvalue weighted by atomic mass is 35.5. The van der Waals surface area contributed by atoms with E-state index < -0.39 is 0 Å². The molecule has 1 aromatic rings. The van der Waals surface area contributed by atoms with E-state index in [1.165, 1.54) is 5.56 Å². The average molecular weight is 380 g/mol. The summed E-state index contributed by atoms with van der Waals surface area (Å²) >= 11 is 0. The van der Waals surface area contributed by atoms with Crippen molar-refractivity contribution < 1.29 is 9.59 Å². The third-order valence-corrected chi connectivity index (χ3v) is 5.47. The molecule has 1 N–H and O–H groups in total. The molecule has 3 rings (SSSR count). The lowest BCUT2D eigenvalue weighted by Crippen LogP contribution is -2.36. The fourth-order valence-corrected chi connectivity index (χ4v) is 4.43. The molecular weight excluding hydrogens is 350 g/mol. The van der Waals surface area contributed by atoms with Crippen LogP contribution in [0.25, 0.3) is 0 Å². The topological polar surface area (TPSA) is 52.7 Å². The van der Waals surface area contributed by atoms with E-state index in [-0.39, 0.29) is 30.1 Å². The SMILES string of the molecule is CNCC1CCN(C(=O)C2CC(=O)N(c3c(C)cc(C)cc3C)C2)C1.Cl. The highest BCUT2D eigenvalue weighted by Gasteiger charge is 2.39. The van der Waals surface area contributed by atoms with Gasteiger partial charge >= 0.3 is 0 Å². The first kappa shape index (κ1) is 20.7. The van der Waals surface area contributed by atoms with E-state index >= 15 is 0 Å². The predicted octanol–water partition coefficient (Wildman–Crippen LogP) is 2.45. The van der Waals surface area contributed by atoms with E-state index in [2.05, 4.69) is 24.4 Å². The number of hydrogen-bond acceptors (Lipinski definition) is 3. The first-order valence-electron chi connectivity index (χ1n) is 9.22. The number of anilines is 1. The van der Waals surface area contributed by atoms with Gasteiger partial charge in [0, 0.05) is 31.7 Å². The number of benzene rings is 1. The molecule has 0 aromatic heterocycles. The number of carbonyl (C=O) groups is 2. The molecule has 0 bridgehead atoms. The molecule has 2 fully saturated rings. The van der Waals surface area contributed by atoms with Gasteiger partial charge in [-0.05, 0) is 57.8 Å². The van der Waals surface area contributed by atoms with E-state index in [0.29, 0.717) is 18.9 Å². The Hall–Kier alpha value is -1.59. The van der Waals surface area contributed by atoms with Gasteiger partial charge in [-0.3, -0.25) is 9.59 Å². The normalized spacial score (nSPS) is 22.7. The monoisotopic (exact) mass is 379 g/mol. The first-order chi connectivity index (χ1) is 11.9. The summed E-state index contributed by atoms with van der Waals surface area (Å²) in [7, 11) is 1.95. The number of nitrogens with one attached hydrogen (secondary N) is 1. The minimum Gasteiger partial charge on any atom is -0.342 e. The second kappa shape index (κ2) is 8.40. The van der Waals surface area contributed by atoms with Crippen molar-refractivity contribution in [3.05, 3.63) is 28.8 Å². The van der Waals surface area contributed by atoms with Gasteiger partial charge < -0.3 is 15.1 Å². The fourth-order valence-electron chi connectivity index (χ4n) is 4.43. The molecule has 0 aliphatic carbocycles. The fraction of sp³-hybridized carbons (Fsp3) is 0.600. The second-order valence-electron chi connectivity index (χ2n) is 7.65. The van der Waals surface area contributed by atoms with Gasteiger partial charge in [0.15, 0.2) is 0 Å². The lowest BCUT2D eigenvalue weighted by atomic mass is 10.0. The van der Waals surface area contributed by atoms with Crippen LogP contribution in [-0.4, -0.2) is 49.9 Å². The smallest absolute Gasteiger partial charge is 0.228 e. The Kier molecular flexibility index (Phi) is 6.69. The third kappa shape index (κ3) is 4.04. The number of aryl methyl sites for hydroxylation is 3. The lowest BCUT2D eigenvalue weighted by Gasteiger charge is -2.23. The lowest BCUT2D eigenvalue weighted by molar-refractivity contribution is -0.134. The summed E-state index contributed by atoms with van der Waals surface area (Å²) in [5.74, 6) is 0.543. The highest BCUT2D eigenvalue weighted by molar-refractivity contribution is 6.01. The highest BCUT2D eigenvalue weighted by Crippen LogP contribution is 2.33. The molecular formula is C20H30ClN3O2. The number of likely N-dealkylation sites (tertiary alicyclic amines) is 1. The summed E-state index contributed by atoms with van der Waals surface area (Å²) in [6.07, 6.45) is 1.38. The van der Waals surface area contributed by atoms with Gasteiger partial charge in [0.05, 0.1) is 5.92 Å². The van der Waals surface area contributed by atoms with Crippen molar-refractivity contribution in [2.24, 2.45) is 11.8 Å². The van der Waals surface area contributed by atoms with Crippen LogP contribution in [0.15, 0.2) is 12.1 Å². The van der Waals surface area contributed by atoms with Gasteiger partial charge in [0.2, 0.25) is 11.8 Å². The van der Waals surface area contributed by atoms with Crippen molar-refractivity contribution in [2.75, 3.05) is 38.1 Å². The minimum atomic E-state index is -0.207. The van der Waals surface area contributed by atoms with E-state index in [1.54, 1.807) is 0 Å². The summed E-state index contributed by atoms with van der Waals surface area (Å²) in [6.45, 7) is 9.24. The van der Waals surface area contributed by atoms with E-state index in [4.69, 9.17) is 0 Å².